The summed E-state index contributed by atoms with van der Waals surface area (Å²) in [6, 6.07) is 18.5. The maximum atomic E-state index is 13.3. The molecule has 37 heavy (non-hydrogen) atoms. The van der Waals surface area contributed by atoms with E-state index in [1.807, 2.05) is 12.1 Å². The number of ether oxygens (including phenoxy) is 2. The average molecular weight is 511 g/mol. The van der Waals surface area contributed by atoms with Gasteiger partial charge in [-0.05, 0) is 37.3 Å². The van der Waals surface area contributed by atoms with Gasteiger partial charge in [-0.15, -0.1) is 0 Å². The summed E-state index contributed by atoms with van der Waals surface area (Å²) in [6.45, 7) is 7.56. The predicted molar refractivity (Wildman–Crippen MR) is 155 cm³/mol. The lowest BCUT2D eigenvalue weighted by atomic mass is 10.0. The average Bonchev–Trinajstić information content (AvgIpc) is 2.89. The number of para-hydroxylation sites is 1. The van der Waals surface area contributed by atoms with E-state index < -0.39 is 0 Å². The van der Waals surface area contributed by atoms with Crippen LogP contribution in [-0.4, -0.2) is 43.3 Å². The Morgan fingerprint density at radius 3 is 2.14 bits per heavy atom. The van der Waals surface area contributed by atoms with Crippen LogP contribution in [0.2, 0.25) is 0 Å². The molecule has 0 amide bonds. The van der Waals surface area contributed by atoms with Crippen LogP contribution in [0.5, 0.6) is 5.75 Å². The van der Waals surface area contributed by atoms with E-state index in [0.29, 0.717) is 4.48 Å². The Kier molecular flexibility index (Phi) is 14.4. The Balaban J connectivity index is 1.92. The minimum Gasteiger partial charge on any atom is -0.487 e. The third-order valence-electron chi connectivity index (χ3n) is 7.29. The van der Waals surface area contributed by atoms with Gasteiger partial charge in [-0.3, -0.25) is 0 Å². The zero-order chi connectivity index (χ0) is 26.9. The molecular formula is C33H52NO3+. The van der Waals surface area contributed by atoms with E-state index in [1.165, 1.54) is 56.1 Å². The molecule has 2 atom stereocenters. The smallest absolute Gasteiger partial charge is 0.365 e. The maximum Gasteiger partial charge on any atom is 0.365 e. The van der Waals surface area contributed by atoms with Gasteiger partial charge < -0.3 is 14.0 Å². The van der Waals surface area contributed by atoms with E-state index in [2.05, 4.69) is 77.3 Å². The first-order valence-corrected chi connectivity index (χ1v) is 14.7. The van der Waals surface area contributed by atoms with Gasteiger partial charge >= 0.3 is 5.97 Å². The van der Waals surface area contributed by atoms with Gasteiger partial charge in [-0.2, -0.15) is 0 Å². The molecule has 0 fully saturated rings. The molecule has 0 aromatic heterocycles. The molecule has 0 N–H and O–H groups in total. The molecule has 0 bridgehead atoms. The number of hydrogen-bond donors (Lipinski definition) is 0. The van der Waals surface area contributed by atoms with Gasteiger partial charge in [-0.25, -0.2) is 4.79 Å². The predicted octanol–water partition coefficient (Wildman–Crippen LogP) is 8.13. The molecule has 2 unspecified atom stereocenters. The van der Waals surface area contributed by atoms with Crippen molar-refractivity contribution in [1.29, 1.82) is 0 Å². The van der Waals surface area contributed by atoms with E-state index in [1.54, 1.807) is 0 Å². The van der Waals surface area contributed by atoms with Crippen molar-refractivity contribution in [3.63, 3.8) is 0 Å². The third-order valence-corrected chi connectivity index (χ3v) is 7.29. The summed E-state index contributed by atoms with van der Waals surface area (Å²) in [7, 11) is 4.25. The SMILES string of the molecule is CCCCCCCCCc1ccccc1OC(CC)COC(=O)C(CCC)[N+](C)(C)Cc1ccccc1. The van der Waals surface area contributed by atoms with Crippen LogP contribution in [-0.2, 0) is 22.5 Å². The van der Waals surface area contributed by atoms with E-state index in [-0.39, 0.29) is 24.7 Å². The number of likely N-dealkylation sites (N-methyl/N-ethyl adjacent to an activating group) is 1. The highest BCUT2D eigenvalue weighted by atomic mass is 16.6. The normalized spacial score (nSPS) is 13.2. The minimum atomic E-state index is -0.202. The Bertz CT molecular complexity index is 880. The summed E-state index contributed by atoms with van der Waals surface area (Å²) in [5.41, 5.74) is 2.49. The van der Waals surface area contributed by atoms with Crippen LogP contribution in [0.4, 0.5) is 0 Å². The van der Waals surface area contributed by atoms with Crippen LogP contribution in [0.1, 0.15) is 96.1 Å². The van der Waals surface area contributed by atoms with Gasteiger partial charge in [0.25, 0.3) is 0 Å². The van der Waals surface area contributed by atoms with Gasteiger partial charge in [0.05, 0.1) is 14.1 Å². The second-order valence-corrected chi connectivity index (χ2v) is 11.0. The van der Waals surface area contributed by atoms with E-state index >= 15 is 0 Å². The Morgan fingerprint density at radius 2 is 1.46 bits per heavy atom. The monoisotopic (exact) mass is 510 g/mol. The largest absolute Gasteiger partial charge is 0.487 e. The zero-order valence-electron chi connectivity index (χ0n) is 24.2. The molecule has 0 saturated carbocycles. The first kappa shape index (κ1) is 30.9. The number of quaternary nitrogens is 1. The summed E-state index contributed by atoms with van der Waals surface area (Å²) < 4.78 is 12.9. The van der Waals surface area contributed by atoms with Crippen LogP contribution in [0.25, 0.3) is 0 Å². The third kappa shape index (κ3) is 11.3. The fourth-order valence-electron chi connectivity index (χ4n) is 4.97. The highest BCUT2D eigenvalue weighted by Gasteiger charge is 2.36. The Labute approximate surface area is 227 Å². The molecule has 2 aromatic carbocycles. The van der Waals surface area contributed by atoms with Crippen molar-refractivity contribution in [1.82, 2.24) is 0 Å². The molecule has 0 aliphatic carbocycles. The van der Waals surface area contributed by atoms with Crippen LogP contribution in [0, 0.1) is 0 Å². The molecule has 4 heteroatoms. The van der Waals surface area contributed by atoms with Gasteiger partial charge in [-0.1, -0.05) is 108 Å². The van der Waals surface area contributed by atoms with Gasteiger partial charge in [0, 0.05) is 12.0 Å². The van der Waals surface area contributed by atoms with Gasteiger partial charge in [0.1, 0.15) is 25.0 Å². The van der Waals surface area contributed by atoms with Crippen molar-refractivity contribution >= 4 is 5.97 Å². The molecule has 0 saturated heterocycles. The molecular weight excluding hydrogens is 458 g/mol. The summed E-state index contributed by atoms with van der Waals surface area (Å²) in [4.78, 5) is 13.3. The molecule has 0 aliphatic rings. The number of nitrogens with zero attached hydrogens (tertiary/aromatic N) is 1. The number of carbonyl (C=O) groups is 1. The molecule has 0 aliphatic heterocycles. The number of aryl methyl sites for hydroxylation is 1. The summed E-state index contributed by atoms with van der Waals surface area (Å²) >= 11 is 0. The second-order valence-electron chi connectivity index (χ2n) is 11.0. The Morgan fingerprint density at radius 1 is 0.811 bits per heavy atom. The first-order valence-electron chi connectivity index (χ1n) is 14.7. The van der Waals surface area contributed by atoms with Gasteiger partial charge in [0.15, 0.2) is 6.04 Å². The number of benzene rings is 2. The van der Waals surface area contributed by atoms with Crippen molar-refractivity contribution < 1.29 is 18.8 Å². The topological polar surface area (TPSA) is 35.5 Å². The molecule has 0 radical (unpaired) electrons. The first-order chi connectivity index (χ1) is 17.9. The summed E-state index contributed by atoms with van der Waals surface area (Å²) in [5, 5.41) is 0. The lowest BCUT2D eigenvalue weighted by molar-refractivity contribution is -0.920. The lowest BCUT2D eigenvalue weighted by Crippen LogP contribution is -2.53. The summed E-state index contributed by atoms with van der Waals surface area (Å²) in [5.74, 6) is 0.808. The van der Waals surface area contributed by atoms with Crippen LogP contribution in [0.15, 0.2) is 54.6 Å². The highest BCUT2D eigenvalue weighted by Crippen LogP contribution is 2.24. The quantitative estimate of drug-likeness (QED) is 0.109. The second kappa shape index (κ2) is 17.2. The van der Waals surface area contributed by atoms with Crippen molar-refractivity contribution in [3.05, 3.63) is 65.7 Å². The zero-order valence-corrected chi connectivity index (χ0v) is 24.2. The minimum absolute atomic E-state index is 0.124. The molecule has 2 aromatic rings. The fraction of sp³-hybridized carbons (Fsp3) is 0.606. The van der Waals surface area contributed by atoms with Crippen LogP contribution in [0.3, 0.4) is 0 Å². The molecule has 206 valence electrons. The fourth-order valence-corrected chi connectivity index (χ4v) is 4.97. The Hall–Kier alpha value is -2.33. The molecule has 4 nitrogen and oxygen atoms in total. The lowest BCUT2D eigenvalue weighted by Gasteiger charge is -2.36. The van der Waals surface area contributed by atoms with E-state index in [9.17, 15) is 4.79 Å². The van der Waals surface area contributed by atoms with Crippen LogP contribution < -0.4 is 4.74 Å². The van der Waals surface area contributed by atoms with Crippen molar-refractivity contribution in [2.24, 2.45) is 0 Å². The maximum absolute atomic E-state index is 13.3. The number of unbranched alkanes of at least 4 members (excludes halogenated alkanes) is 6. The molecule has 0 heterocycles. The van der Waals surface area contributed by atoms with Crippen molar-refractivity contribution in [2.75, 3.05) is 20.7 Å². The summed E-state index contributed by atoms with van der Waals surface area (Å²) in [6.07, 6.45) is 12.5. The number of esters is 1. The van der Waals surface area contributed by atoms with Crippen molar-refractivity contribution in [3.8, 4) is 5.75 Å². The molecule has 2 rings (SSSR count). The number of rotatable bonds is 19. The highest BCUT2D eigenvalue weighted by molar-refractivity contribution is 5.74. The number of carbonyl (C=O) groups excluding carboxylic acids is 1. The van der Waals surface area contributed by atoms with E-state index in [4.69, 9.17) is 9.47 Å². The van der Waals surface area contributed by atoms with Crippen molar-refractivity contribution in [2.45, 2.75) is 110 Å². The van der Waals surface area contributed by atoms with Crippen LogP contribution >= 0.6 is 0 Å². The molecule has 0 spiro atoms. The number of hydrogen-bond acceptors (Lipinski definition) is 3. The standard InChI is InChI=1S/C33H52NO3/c1-6-9-10-11-12-13-17-23-29-24-18-19-25-32(29)37-30(8-3)27-36-33(35)31(20-7-2)34(4,5)26-28-21-15-14-16-22-28/h14-16,18-19,21-22,24-25,30-31H,6-13,17,20,23,26-27H2,1-5H3/q+1. The van der Waals surface area contributed by atoms with Gasteiger partial charge in [0.2, 0.25) is 0 Å². The van der Waals surface area contributed by atoms with E-state index in [0.717, 1.165) is 38.0 Å².